The van der Waals surface area contributed by atoms with E-state index in [9.17, 15) is 0 Å². The third-order valence-corrected chi connectivity index (χ3v) is 16.7. The summed E-state index contributed by atoms with van der Waals surface area (Å²) < 4.78 is 19.8. The normalized spacial score (nSPS) is 16.5. The molecule has 1 saturated heterocycles. The number of piperidine rings is 1. The lowest BCUT2D eigenvalue weighted by Crippen LogP contribution is -2.67. The Morgan fingerprint density at radius 3 is 2.13 bits per heavy atom. The molecule has 0 spiro atoms. The molecule has 2 heterocycles. The van der Waals surface area contributed by atoms with Gasteiger partial charge in [0.15, 0.2) is 11.3 Å². The van der Waals surface area contributed by atoms with Gasteiger partial charge in [-0.15, -0.1) is 0 Å². The van der Waals surface area contributed by atoms with Crippen molar-refractivity contribution >= 4 is 35.3 Å². The number of nitrogens with zero attached hydrogens (tertiary/aromatic N) is 4. The average Bonchev–Trinajstić information content (AvgIpc) is 3.82. The van der Waals surface area contributed by atoms with Crippen molar-refractivity contribution in [2.75, 3.05) is 40.3 Å². The SMILES string of the molecule is [C-]#[N+]c1ccc(COc2ccc3c(CCC4CCN(CC5(CO[Si](c6ccccc6)(c6ccccc6)C(C)(C)C)CC5)CC4)noc3c2CN(C)C)cc1. The molecule has 4 aromatic carbocycles. The molecule has 7 nitrogen and oxygen atoms in total. The fourth-order valence-corrected chi connectivity index (χ4v) is 13.2. The van der Waals surface area contributed by atoms with Crippen LogP contribution in [0.15, 0.2) is 102 Å². The summed E-state index contributed by atoms with van der Waals surface area (Å²) in [5.74, 6) is 1.50. The number of hydrogen-bond acceptors (Lipinski definition) is 6. The summed E-state index contributed by atoms with van der Waals surface area (Å²) in [5, 5.41) is 8.42. The summed E-state index contributed by atoms with van der Waals surface area (Å²) in [7, 11) is 1.58. The van der Waals surface area contributed by atoms with Crippen LogP contribution >= 0.6 is 0 Å². The smallest absolute Gasteiger partial charge is 0.261 e. The third-order valence-electron chi connectivity index (χ3n) is 11.7. The lowest BCUT2D eigenvalue weighted by atomic mass is 9.90. The first-order chi connectivity index (χ1) is 26.1. The fourth-order valence-electron chi connectivity index (χ4n) is 8.50. The molecule has 0 radical (unpaired) electrons. The van der Waals surface area contributed by atoms with Crippen LogP contribution in [-0.4, -0.2) is 63.6 Å². The zero-order chi connectivity index (χ0) is 37.8. The second-order valence-corrected chi connectivity index (χ2v) is 21.4. The van der Waals surface area contributed by atoms with E-state index in [4.69, 9.17) is 20.3 Å². The Hall–Kier alpha value is -4.26. The molecule has 7 rings (SSSR count). The van der Waals surface area contributed by atoms with Crippen molar-refractivity contribution in [2.24, 2.45) is 11.3 Å². The number of ether oxygens (including phenoxy) is 1. The first kappa shape index (κ1) is 38.0. The Labute approximate surface area is 323 Å². The van der Waals surface area contributed by atoms with Crippen LogP contribution in [0.4, 0.5) is 5.69 Å². The van der Waals surface area contributed by atoms with Gasteiger partial charge in [-0.3, -0.25) is 0 Å². The van der Waals surface area contributed by atoms with Crippen molar-refractivity contribution in [2.45, 2.75) is 77.5 Å². The van der Waals surface area contributed by atoms with Crippen LogP contribution in [0.25, 0.3) is 15.8 Å². The molecule has 2 fully saturated rings. The zero-order valence-electron chi connectivity index (χ0n) is 32.8. The molecule has 1 aliphatic carbocycles. The second-order valence-electron chi connectivity index (χ2n) is 17.1. The number of aryl methyl sites for hydroxylation is 1. The van der Waals surface area contributed by atoms with Gasteiger partial charge in [-0.2, -0.15) is 0 Å². The Balaban J connectivity index is 0.956. The highest BCUT2D eigenvalue weighted by Crippen LogP contribution is 2.49. The van der Waals surface area contributed by atoms with Gasteiger partial charge in [-0.1, -0.05) is 111 Å². The van der Waals surface area contributed by atoms with E-state index < -0.39 is 8.32 Å². The molecule has 1 aliphatic heterocycles. The predicted molar refractivity (Wildman–Crippen MR) is 221 cm³/mol. The average molecular weight is 741 g/mol. The van der Waals surface area contributed by atoms with Gasteiger partial charge in [0.1, 0.15) is 12.4 Å². The van der Waals surface area contributed by atoms with Gasteiger partial charge >= 0.3 is 0 Å². The van der Waals surface area contributed by atoms with Crippen LogP contribution in [-0.2, 0) is 24.0 Å². The highest BCUT2D eigenvalue weighted by atomic mass is 28.4. The second kappa shape index (κ2) is 16.2. The first-order valence-corrected chi connectivity index (χ1v) is 21.6. The summed E-state index contributed by atoms with van der Waals surface area (Å²) >= 11 is 0. The summed E-state index contributed by atoms with van der Waals surface area (Å²) in [5.41, 5.74) is 4.81. The largest absolute Gasteiger partial charge is 0.488 e. The van der Waals surface area contributed by atoms with Crippen molar-refractivity contribution in [1.29, 1.82) is 0 Å². The molecule has 1 saturated carbocycles. The number of likely N-dealkylation sites (tertiary alicyclic amines) is 1. The van der Waals surface area contributed by atoms with E-state index in [1.807, 2.05) is 24.3 Å². The third kappa shape index (κ3) is 8.35. The maximum Gasteiger partial charge on any atom is 0.261 e. The van der Waals surface area contributed by atoms with Gasteiger partial charge in [0.05, 0.1) is 17.8 Å². The molecule has 0 atom stereocenters. The molecule has 0 N–H and O–H groups in total. The molecule has 0 bridgehead atoms. The van der Waals surface area contributed by atoms with Crippen LogP contribution in [0.1, 0.15) is 69.7 Å². The molecule has 1 aromatic heterocycles. The summed E-state index contributed by atoms with van der Waals surface area (Å²) in [6.07, 6.45) is 7.00. The highest BCUT2D eigenvalue weighted by molar-refractivity contribution is 6.99. The quantitative estimate of drug-likeness (QED) is 0.0789. The van der Waals surface area contributed by atoms with E-state index in [0.29, 0.717) is 24.8 Å². The number of fused-ring (bicyclic) bond motifs is 1. The molecular formula is C46H56N4O3Si. The van der Waals surface area contributed by atoms with E-state index in [1.165, 1.54) is 36.1 Å². The zero-order valence-corrected chi connectivity index (χ0v) is 33.8. The van der Waals surface area contributed by atoms with E-state index in [0.717, 1.165) is 72.6 Å². The van der Waals surface area contributed by atoms with Gasteiger partial charge in [0.2, 0.25) is 0 Å². The van der Waals surface area contributed by atoms with Crippen molar-refractivity contribution < 1.29 is 13.7 Å². The minimum Gasteiger partial charge on any atom is -0.488 e. The van der Waals surface area contributed by atoms with E-state index in [-0.39, 0.29) is 10.5 Å². The standard InChI is InChI=1S/C46H56N4O3Si/c1-45(2,3)54(38-13-9-7-10-14-38,39-15-11-8-12-16-39)52-34-46(27-28-46)33-50-29-25-35(26-30-50)19-23-42-40-22-24-43(41(31-49(5)6)44(40)53-48-42)51-32-36-17-20-37(47-4)21-18-36/h7-18,20-22,24,35H,19,23,25-34H2,1-3,5-6H3. The maximum atomic E-state index is 7.43. The van der Waals surface area contributed by atoms with Crippen LogP contribution in [0, 0.1) is 17.9 Å². The van der Waals surface area contributed by atoms with Gasteiger partial charge in [0, 0.05) is 30.5 Å². The molecule has 2 aliphatic rings. The van der Waals surface area contributed by atoms with Crippen LogP contribution in [0.3, 0.4) is 0 Å². The van der Waals surface area contributed by atoms with E-state index in [1.54, 1.807) is 0 Å². The molecule has 0 unspecified atom stereocenters. The van der Waals surface area contributed by atoms with Crippen molar-refractivity contribution in [1.82, 2.24) is 15.0 Å². The molecule has 0 amide bonds. The molecule has 54 heavy (non-hydrogen) atoms. The first-order valence-electron chi connectivity index (χ1n) is 19.7. The van der Waals surface area contributed by atoms with Crippen molar-refractivity contribution in [3.8, 4) is 5.75 Å². The monoisotopic (exact) mass is 740 g/mol. The summed E-state index contributed by atoms with van der Waals surface area (Å²) in [4.78, 5) is 8.34. The molecular weight excluding hydrogens is 685 g/mol. The summed E-state index contributed by atoms with van der Waals surface area (Å²) in [6, 6.07) is 33.9. The number of benzene rings is 4. The van der Waals surface area contributed by atoms with Crippen LogP contribution < -0.4 is 15.1 Å². The predicted octanol–water partition coefficient (Wildman–Crippen LogP) is 9.02. The Morgan fingerprint density at radius 2 is 1.56 bits per heavy atom. The minimum absolute atomic E-state index is 0.00280. The Morgan fingerprint density at radius 1 is 0.907 bits per heavy atom. The van der Waals surface area contributed by atoms with Crippen molar-refractivity contribution in [3.63, 3.8) is 0 Å². The van der Waals surface area contributed by atoms with Crippen LogP contribution in [0.5, 0.6) is 5.75 Å². The lowest BCUT2D eigenvalue weighted by molar-refractivity contribution is 0.119. The molecule has 8 heteroatoms. The van der Waals surface area contributed by atoms with Crippen LogP contribution in [0.2, 0.25) is 5.04 Å². The fraction of sp³-hybridized carbons (Fsp3) is 0.435. The maximum absolute atomic E-state index is 7.43. The van der Waals surface area contributed by atoms with Crippen molar-refractivity contribution in [3.05, 3.63) is 125 Å². The lowest BCUT2D eigenvalue weighted by Gasteiger charge is -2.44. The Bertz CT molecular complexity index is 1980. The van der Waals surface area contributed by atoms with Gasteiger partial charge in [0.25, 0.3) is 8.32 Å². The number of aromatic nitrogens is 1. The highest BCUT2D eigenvalue weighted by Gasteiger charge is 2.53. The van der Waals surface area contributed by atoms with Gasteiger partial charge in [-0.25, -0.2) is 4.85 Å². The van der Waals surface area contributed by atoms with Gasteiger partial charge < -0.3 is 23.5 Å². The molecule has 282 valence electrons. The topological polar surface area (TPSA) is 55.3 Å². The number of hydrogen-bond donors (Lipinski definition) is 0. The van der Waals surface area contributed by atoms with E-state index >= 15 is 0 Å². The Kier molecular flexibility index (Phi) is 11.4. The van der Waals surface area contributed by atoms with Gasteiger partial charge in [-0.05, 0) is 105 Å². The number of rotatable bonds is 15. The minimum atomic E-state index is -2.54. The van der Waals surface area contributed by atoms with E-state index in [2.05, 4.69) is 127 Å². The summed E-state index contributed by atoms with van der Waals surface area (Å²) in [6.45, 7) is 19.7. The molecule has 5 aromatic rings.